The number of anilines is 1. The van der Waals surface area contributed by atoms with E-state index in [1.807, 2.05) is 47.8 Å². The summed E-state index contributed by atoms with van der Waals surface area (Å²) in [5.41, 5.74) is 6.73. The summed E-state index contributed by atoms with van der Waals surface area (Å²) >= 11 is 1.48. The van der Waals surface area contributed by atoms with Crippen LogP contribution in [0.5, 0.6) is 0 Å². The van der Waals surface area contributed by atoms with Crippen molar-refractivity contribution in [2.45, 2.75) is 0 Å². The van der Waals surface area contributed by atoms with Crippen molar-refractivity contribution in [2.75, 3.05) is 5.43 Å². The predicted octanol–water partition coefficient (Wildman–Crippen LogP) is 5.23. The molecule has 0 aliphatic heterocycles. The molecule has 4 aromatic rings. The lowest BCUT2D eigenvalue weighted by atomic mass is 10.1. The topological polar surface area (TPSA) is 93.3 Å². The van der Waals surface area contributed by atoms with Gasteiger partial charge in [-0.15, -0.1) is 11.3 Å². The van der Waals surface area contributed by atoms with Crippen LogP contribution in [-0.4, -0.2) is 21.1 Å². The summed E-state index contributed by atoms with van der Waals surface area (Å²) in [7, 11) is 0. The summed E-state index contributed by atoms with van der Waals surface area (Å²) in [4.78, 5) is 19.4. The van der Waals surface area contributed by atoms with Crippen molar-refractivity contribution in [1.82, 2.24) is 9.97 Å². The zero-order valence-corrected chi connectivity index (χ0v) is 15.9. The lowest BCUT2D eigenvalue weighted by molar-refractivity contribution is -0.384. The molecular formula is C21H15N5O2S. The molecule has 0 amide bonds. The molecule has 0 aliphatic carbocycles. The van der Waals surface area contributed by atoms with Gasteiger partial charge >= 0.3 is 0 Å². The molecule has 0 bridgehead atoms. The van der Waals surface area contributed by atoms with Gasteiger partial charge in [-0.1, -0.05) is 54.6 Å². The van der Waals surface area contributed by atoms with E-state index in [0.717, 1.165) is 16.8 Å². The van der Waals surface area contributed by atoms with Gasteiger partial charge in [-0.3, -0.25) is 15.5 Å². The molecule has 1 N–H and O–H groups in total. The fourth-order valence-corrected chi connectivity index (χ4v) is 3.39. The number of hydrogen-bond donors (Lipinski definition) is 1. The standard InChI is InChI=1S/C21H15N5O2S/c27-26(28)19-7-4-12-22-20(19)17-10-8-15(9-11-17)13-23-25-21-24-18(14-29-21)16-5-2-1-3-6-16/h1-14H,(H,24,25). The summed E-state index contributed by atoms with van der Waals surface area (Å²) in [6, 6.07) is 20.2. The van der Waals surface area contributed by atoms with Crippen LogP contribution in [0.1, 0.15) is 5.56 Å². The molecule has 2 aromatic carbocycles. The maximum Gasteiger partial charge on any atom is 0.295 e. The Kier molecular flexibility index (Phi) is 5.35. The van der Waals surface area contributed by atoms with E-state index in [1.165, 1.54) is 17.4 Å². The SMILES string of the molecule is O=[N+]([O-])c1cccnc1-c1ccc(C=NNc2nc(-c3ccccc3)cs2)cc1. The lowest BCUT2D eigenvalue weighted by Gasteiger charge is -2.02. The normalized spacial score (nSPS) is 10.9. The molecule has 8 heteroatoms. The van der Waals surface area contributed by atoms with Crippen LogP contribution < -0.4 is 5.43 Å². The van der Waals surface area contributed by atoms with Crippen molar-refractivity contribution in [1.29, 1.82) is 0 Å². The molecule has 0 aliphatic rings. The Bertz CT molecular complexity index is 1160. The molecule has 2 heterocycles. The summed E-state index contributed by atoms with van der Waals surface area (Å²) in [5, 5.41) is 18.0. The number of benzene rings is 2. The molecule has 4 rings (SSSR count). The fourth-order valence-electron chi connectivity index (χ4n) is 2.72. The van der Waals surface area contributed by atoms with Crippen molar-refractivity contribution in [2.24, 2.45) is 5.10 Å². The second-order valence-corrected chi connectivity index (χ2v) is 6.88. The summed E-state index contributed by atoms with van der Waals surface area (Å²) in [6.45, 7) is 0. The first-order chi connectivity index (χ1) is 14.2. The van der Waals surface area contributed by atoms with Gasteiger partial charge in [0, 0.05) is 28.8 Å². The summed E-state index contributed by atoms with van der Waals surface area (Å²) in [5.74, 6) is 0. The second kappa shape index (κ2) is 8.41. The number of pyridine rings is 1. The summed E-state index contributed by atoms with van der Waals surface area (Å²) < 4.78 is 0. The van der Waals surface area contributed by atoms with Gasteiger partial charge in [-0.25, -0.2) is 9.97 Å². The number of aromatic nitrogens is 2. The first-order valence-corrected chi connectivity index (χ1v) is 9.58. The molecule has 0 atom stereocenters. The lowest BCUT2D eigenvalue weighted by Crippen LogP contribution is -1.94. The van der Waals surface area contributed by atoms with Crippen molar-refractivity contribution >= 4 is 28.4 Å². The molecule has 0 saturated carbocycles. The van der Waals surface area contributed by atoms with E-state index in [-0.39, 0.29) is 5.69 Å². The Labute approximate surface area is 170 Å². The molecule has 0 saturated heterocycles. The van der Waals surface area contributed by atoms with Gasteiger partial charge in [0.15, 0.2) is 0 Å². The molecule has 29 heavy (non-hydrogen) atoms. The van der Waals surface area contributed by atoms with Gasteiger partial charge in [0.05, 0.1) is 16.8 Å². The van der Waals surface area contributed by atoms with Gasteiger partial charge in [0.25, 0.3) is 5.69 Å². The van der Waals surface area contributed by atoms with Crippen LogP contribution in [0.2, 0.25) is 0 Å². The van der Waals surface area contributed by atoms with Crippen molar-refractivity contribution in [3.8, 4) is 22.5 Å². The molecule has 0 unspecified atom stereocenters. The number of hydrazone groups is 1. The highest BCUT2D eigenvalue weighted by Gasteiger charge is 2.15. The van der Waals surface area contributed by atoms with Gasteiger partial charge in [-0.05, 0) is 11.6 Å². The highest BCUT2D eigenvalue weighted by Crippen LogP contribution is 2.27. The number of rotatable bonds is 6. The van der Waals surface area contributed by atoms with Crippen LogP contribution in [0.3, 0.4) is 0 Å². The number of nitrogens with zero attached hydrogens (tertiary/aromatic N) is 4. The van der Waals surface area contributed by atoms with E-state index >= 15 is 0 Å². The number of nitro groups is 1. The average molecular weight is 401 g/mol. The van der Waals surface area contributed by atoms with Crippen molar-refractivity contribution in [3.05, 3.63) is 94.0 Å². The van der Waals surface area contributed by atoms with Crippen LogP contribution in [0, 0.1) is 10.1 Å². The Hall–Kier alpha value is -3.91. The quantitative estimate of drug-likeness (QED) is 0.271. The maximum absolute atomic E-state index is 11.2. The van der Waals surface area contributed by atoms with Gasteiger partial charge in [0.2, 0.25) is 5.13 Å². The van der Waals surface area contributed by atoms with E-state index in [0.29, 0.717) is 16.4 Å². The molecule has 0 fully saturated rings. The van der Waals surface area contributed by atoms with Crippen molar-refractivity contribution < 1.29 is 4.92 Å². The summed E-state index contributed by atoms with van der Waals surface area (Å²) in [6.07, 6.45) is 3.21. The number of nitrogens with one attached hydrogen (secondary N) is 1. The Morgan fingerprint density at radius 1 is 1.00 bits per heavy atom. The van der Waals surface area contributed by atoms with E-state index in [2.05, 4.69) is 20.5 Å². The van der Waals surface area contributed by atoms with Gasteiger partial charge in [0.1, 0.15) is 5.69 Å². The minimum absolute atomic E-state index is 0.0198. The zero-order valence-electron chi connectivity index (χ0n) is 15.1. The number of hydrogen-bond acceptors (Lipinski definition) is 7. The van der Waals surface area contributed by atoms with Crippen LogP contribution in [0.4, 0.5) is 10.8 Å². The Morgan fingerprint density at radius 3 is 2.55 bits per heavy atom. The molecule has 2 aromatic heterocycles. The highest BCUT2D eigenvalue weighted by atomic mass is 32.1. The third-order valence-electron chi connectivity index (χ3n) is 4.11. The van der Waals surface area contributed by atoms with Gasteiger partial charge < -0.3 is 0 Å². The third kappa shape index (κ3) is 4.33. The van der Waals surface area contributed by atoms with E-state index < -0.39 is 4.92 Å². The van der Waals surface area contributed by atoms with E-state index in [1.54, 1.807) is 30.6 Å². The van der Waals surface area contributed by atoms with Crippen molar-refractivity contribution in [3.63, 3.8) is 0 Å². The molecule has 142 valence electrons. The molecular weight excluding hydrogens is 386 g/mol. The number of thiazole rings is 1. The monoisotopic (exact) mass is 401 g/mol. The zero-order chi connectivity index (χ0) is 20.1. The third-order valence-corrected chi connectivity index (χ3v) is 4.86. The highest BCUT2D eigenvalue weighted by molar-refractivity contribution is 7.14. The molecule has 0 spiro atoms. The van der Waals surface area contributed by atoms with Crippen LogP contribution in [0.15, 0.2) is 83.4 Å². The average Bonchev–Trinajstić information content (AvgIpc) is 3.24. The minimum Gasteiger partial charge on any atom is -0.258 e. The Balaban J connectivity index is 1.44. The smallest absolute Gasteiger partial charge is 0.258 e. The van der Waals surface area contributed by atoms with Crippen LogP contribution in [0.25, 0.3) is 22.5 Å². The fraction of sp³-hybridized carbons (Fsp3) is 0. The van der Waals surface area contributed by atoms with Gasteiger partial charge in [-0.2, -0.15) is 5.10 Å². The minimum atomic E-state index is -0.431. The maximum atomic E-state index is 11.2. The second-order valence-electron chi connectivity index (χ2n) is 6.02. The van der Waals surface area contributed by atoms with E-state index in [4.69, 9.17) is 0 Å². The first kappa shape index (κ1) is 18.5. The molecule has 7 nitrogen and oxygen atoms in total. The first-order valence-electron chi connectivity index (χ1n) is 8.70. The molecule has 0 radical (unpaired) electrons. The van der Waals surface area contributed by atoms with E-state index in [9.17, 15) is 10.1 Å². The predicted molar refractivity (Wildman–Crippen MR) is 115 cm³/mol. The largest absolute Gasteiger partial charge is 0.295 e. The van der Waals surface area contributed by atoms with Crippen LogP contribution >= 0.6 is 11.3 Å². The Morgan fingerprint density at radius 2 is 1.79 bits per heavy atom. The van der Waals surface area contributed by atoms with Crippen LogP contribution in [-0.2, 0) is 0 Å².